The normalized spacial score (nSPS) is 14.6. The number of benzene rings is 2. The van der Waals surface area contributed by atoms with Crippen LogP contribution in [0.1, 0.15) is 5.56 Å². The molecule has 1 heterocycles. The average molecular weight is 363 g/mol. The lowest BCUT2D eigenvalue weighted by atomic mass is 10.1. The Balaban J connectivity index is 1.97. The zero-order valence-corrected chi connectivity index (χ0v) is 13.1. The van der Waals surface area contributed by atoms with E-state index in [0.29, 0.717) is 21.8 Å². The monoisotopic (exact) mass is 361 g/mol. The Morgan fingerprint density at radius 1 is 1.00 bits per heavy atom. The molecule has 2 aromatic carbocycles. The summed E-state index contributed by atoms with van der Waals surface area (Å²) >= 11 is 9.26. The van der Waals surface area contributed by atoms with Crippen molar-refractivity contribution in [2.75, 3.05) is 4.90 Å². The summed E-state index contributed by atoms with van der Waals surface area (Å²) in [6.45, 7) is 0. The summed E-state index contributed by atoms with van der Waals surface area (Å²) in [4.78, 5) is 25.7. The number of carbonyl (C=O) groups is 2. The van der Waals surface area contributed by atoms with Gasteiger partial charge in [-0.15, -0.1) is 0 Å². The minimum Gasteiger partial charge on any atom is -0.269 e. The number of amides is 2. The number of nitrogens with zero attached hydrogens (tertiary/aromatic N) is 1. The van der Waals surface area contributed by atoms with E-state index < -0.39 is 0 Å². The topological polar surface area (TPSA) is 37.4 Å². The van der Waals surface area contributed by atoms with Crippen molar-refractivity contribution in [3.8, 4) is 0 Å². The first-order valence-electron chi connectivity index (χ1n) is 6.18. The molecule has 0 spiro atoms. The SMILES string of the molecule is O=C1C=C(c2ccc(Br)cc2)C(=O)N1c1cccc(Cl)c1. The average Bonchev–Trinajstić information content (AvgIpc) is 2.75. The summed E-state index contributed by atoms with van der Waals surface area (Å²) < 4.78 is 0.912. The van der Waals surface area contributed by atoms with Gasteiger partial charge in [0.15, 0.2) is 0 Å². The standard InChI is InChI=1S/C16H9BrClNO2/c17-11-6-4-10(5-7-11)14-9-15(20)19(16(14)21)13-3-1-2-12(18)8-13/h1-9H. The molecule has 0 unspecified atom stereocenters. The first-order valence-corrected chi connectivity index (χ1v) is 7.35. The molecule has 104 valence electrons. The molecule has 0 aromatic heterocycles. The molecule has 0 aliphatic carbocycles. The highest BCUT2D eigenvalue weighted by Crippen LogP contribution is 2.30. The number of halogens is 2. The van der Waals surface area contributed by atoms with Gasteiger partial charge in [-0.2, -0.15) is 0 Å². The first-order chi connectivity index (χ1) is 10.1. The second-order valence-electron chi connectivity index (χ2n) is 4.52. The number of rotatable bonds is 2. The van der Waals surface area contributed by atoms with E-state index in [2.05, 4.69) is 15.9 Å². The van der Waals surface area contributed by atoms with Crippen molar-refractivity contribution < 1.29 is 9.59 Å². The molecular weight excluding hydrogens is 354 g/mol. The number of anilines is 1. The maximum absolute atomic E-state index is 12.5. The number of imide groups is 1. The third kappa shape index (κ3) is 2.64. The van der Waals surface area contributed by atoms with E-state index in [1.165, 1.54) is 6.08 Å². The van der Waals surface area contributed by atoms with Crippen molar-refractivity contribution in [3.05, 3.63) is 69.7 Å². The van der Waals surface area contributed by atoms with Gasteiger partial charge >= 0.3 is 0 Å². The minimum atomic E-state index is -0.361. The van der Waals surface area contributed by atoms with Gasteiger partial charge in [-0.25, -0.2) is 4.90 Å². The van der Waals surface area contributed by atoms with Crippen molar-refractivity contribution >= 4 is 50.6 Å². The molecule has 3 nitrogen and oxygen atoms in total. The van der Waals surface area contributed by atoms with Crippen LogP contribution in [-0.4, -0.2) is 11.8 Å². The van der Waals surface area contributed by atoms with E-state index in [1.54, 1.807) is 36.4 Å². The van der Waals surface area contributed by atoms with Crippen molar-refractivity contribution in [2.24, 2.45) is 0 Å². The lowest BCUT2D eigenvalue weighted by Gasteiger charge is -2.15. The van der Waals surface area contributed by atoms with Gasteiger partial charge in [0.2, 0.25) is 0 Å². The second-order valence-corrected chi connectivity index (χ2v) is 5.88. The van der Waals surface area contributed by atoms with E-state index >= 15 is 0 Å². The lowest BCUT2D eigenvalue weighted by molar-refractivity contribution is -0.119. The molecule has 0 radical (unpaired) electrons. The lowest BCUT2D eigenvalue weighted by Crippen LogP contribution is -2.30. The third-order valence-electron chi connectivity index (χ3n) is 3.14. The van der Waals surface area contributed by atoms with Crippen molar-refractivity contribution in [1.29, 1.82) is 0 Å². The molecule has 2 aromatic rings. The molecule has 1 aliphatic heterocycles. The molecule has 0 atom stereocenters. The number of hydrogen-bond donors (Lipinski definition) is 0. The second kappa shape index (κ2) is 5.47. The van der Waals surface area contributed by atoms with Gasteiger partial charge in [-0.05, 0) is 35.9 Å². The highest BCUT2D eigenvalue weighted by molar-refractivity contribution is 9.10. The molecule has 2 amide bonds. The summed E-state index contributed by atoms with van der Waals surface area (Å²) in [5.41, 5.74) is 1.56. The fourth-order valence-electron chi connectivity index (χ4n) is 2.17. The molecule has 0 bridgehead atoms. The highest BCUT2D eigenvalue weighted by atomic mass is 79.9. The van der Waals surface area contributed by atoms with Crippen LogP contribution in [0, 0.1) is 0 Å². The summed E-state index contributed by atoms with van der Waals surface area (Å²) in [7, 11) is 0. The van der Waals surface area contributed by atoms with Gasteiger partial charge in [-0.3, -0.25) is 9.59 Å². The molecular formula is C16H9BrClNO2. The fourth-order valence-corrected chi connectivity index (χ4v) is 2.62. The Kier molecular flexibility index (Phi) is 3.66. The van der Waals surface area contributed by atoms with Crippen LogP contribution in [0.15, 0.2) is 59.1 Å². The first kappa shape index (κ1) is 14.0. The molecule has 0 N–H and O–H groups in total. The Bertz CT molecular complexity index is 768. The molecule has 1 aliphatic rings. The summed E-state index contributed by atoms with van der Waals surface area (Å²) in [5.74, 6) is -0.704. The van der Waals surface area contributed by atoms with Gasteiger partial charge in [0.1, 0.15) is 0 Å². The van der Waals surface area contributed by atoms with E-state index in [0.717, 1.165) is 9.37 Å². The van der Waals surface area contributed by atoms with Crippen LogP contribution in [0.3, 0.4) is 0 Å². The quantitative estimate of drug-likeness (QED) is 0.756. The zero-order valence-electron chi connectivity index (χ0n) is 10.7. The Hall–Kier alpha value is -1.91. The Morgan fingerprint density at radius 3 is 2.38 bits per heavy atom. The Morgan fingerprint density at radius 2 is 1.71 bits per heavy atom. The highest BCUT2D eigenvalue weighted by Gasteiger charge is 2.32. The van der Waals surface area contributed by atoms with Crippen molar-refractivity contribution in [1.82, 2.24) is 0 Å². The third-order valence-corrected chi connectivity index (χ3v) is 3.91. The van der Waals surface area contributed by atoms with Crippen LogP contribution < -0.4 is 4.90 Å². The molecule has 0 fully saturated rings. The maximum atomic E-state index is 12.5. The molecule has 3 rings (SSSR count). The smallest absolute Gasteiger partial charge is 0.266 e. The van der Waals surface area contributed by atoms with E-state index in [9.17, 15) is 9.59 Å². The number of carbonyl (C=O) groups excluding carboxylic acids is 2. The molecule has 0 saturated carbocycles. The predicted octanol–water partition coefficient (Wildman–Crippen LogP) is 4.06. The summed E-state index contributed by atoms with van der Waals surface area (Å²) in [5, 5.41) is 0.477. The van der Waals surface area contributed by atoms with Gasteiger partial charge in [0.25, 0.3) is 11.8 Å². The van der Waals surface area contributed by atoms with Crippen LogP contribution in [0.25, 0.3) is 5.57 Å². The van der Waals surface area contributed by atoms with Crippen LogP contribution in [0.4, 0.5) is 5.69 Å². The molecule has 5 heteroatoms. The predicted molar refractivity (Wildman–Crippen MR) is 86.1 cm³/mol. The van der Waals surface area contributed by atoms with Gasteiger partial charge in [0.05, 0.1) is 11.3 Å². The zero-order chi connectivity index (χ0) is 15.0. The maximum Gasteiger partial charge on any atom is 0.266 e. The van der Waals surface area contributed by atoms with Crippen LogP contribution in [-0.2, 0) is 9.59 Å². The number of hydrogen-bond acceptors (Lipinski definition) is 2. The van der Waals surface area contributed by atoms with Crippen molar-refractivity contribution in [3.63, 3.8) is 0 Å². The van der Waals surface area contributed by atoms with Gasteiger partial charge in [-0.1, -0.05) is 45.7 Å². The van der Waals surface area contributed by atoms with Crippen molar-refractivity contribution in [2.45, 2.75) is 0 Å². The largest absolute Gasteiger partial charge is 0.269 e. The molecule has 0 saturated heterocycles. The minimum absolute atomic E-state index is 0.343. The van der Waals surface area contributed by atoms with Crippen LogP contribution in [0.2, 0.25) is 5.02 Å². The summed E-state index contributed by atoms with van der Waals surface area (Å²) in [6.07, 6.45) is 1.35. The fraction of sp³-hybridized carbons (Fsp3) is 0. The molecule has 21 heavy (non-hydrogen) atoms. The van der Waals surface area contributed by atoms with Gasteiger partial charge in [0, 0.05) is 15.6 Å². The van der Waals surface area contributed by atoms with E-state index in [-0.39, 0.29) is 11.8 Å². The van der Waals surface area contributed by atoms with E-state index in [1.807, 2.05) is 12.1 Å². The van der Waals surface area contributed by atoms with Crippen LogP contribution >= 0.6 is 27.5 Å². The van der Waals surface area contributed by atoms with Crippen LogP contribution in [0.5, 0.6) is 0 Å². The van der Waals surface area contributed by atoms with E-state index in [4.69, 9.17) is 11.6 Å². The Labute approximate surface area is 135 Å². The van der Waals surface area contributed by atoms with Gasteiger partial charge < -0.3 is 0 Å². The summed E-state index contributed by atoms with van der Waals surface area (Å²) in [6, 6.07) is 13.9.